The van der Waals surface area contributed by atoms with E-state index >= 15 is 0 Å². The van der Waals surface area contributed by atoms with Crippen molar-refractivity contribution in [2.45, 2.75) is 12.5 Å². The first-order valence-electron chi connectivity index (χ1n) is 6.73. The number of rotatable bonds is 2. The highest BCUT2D eigenvalue weighted by Gasteiger charge is 2.33. The molecule has 4 heteroatoms. The lowest BCUT2D eigenvalue weighted by Gasteiger charge is -2.34. The van der Waals surface area contributed by atoms with Gasteiger partial charge in [0.05, 0.1) is 11.7 Å². The van der Waals surface area contributed by atoms with Crippen LogP contribution in [0, 0.1) is 0 Å². The van der Waals surface area contributed by atoms with E-state index in [-0.39, 0.29) is 6.04 Å². The number of para-hydroxylation sites is 1. The summed E-state index contributed by atoms with van der Waals surface area (Å²) >= 11 is 5.27. The molecule has 0 aliphatic carbocycles. The Kier molecular flexibility index (Phi) is 3.56. The van der Waals surface area contributed by atoms with E-state index in [4.69, 9.17) is 18.0 Å². The van der Waals surface area contributed by atoms with Crippen molar-refractivity contribution < 1.29 is 0 Å². The summed E-state index contributed by atoms with van der Waals surface area (Å²) in [5.74, 6) is 0. The highest BCUT2D eigenvalue weighted by Crippen LogP contribution is 2.34. The van der Waals surface area contributed by atoms with Crippen molar-refractivity contribution >= 4 is 23.0 Å². The molecule has 2 aromatic carbocycles. The van der Waals surface area contributed by atoms with E-state index in [0.717, 1.165) is 18.7 Å². The average Bonchev–Trinajstić information content (AvgIpc) is 2.94. The summed E-state index contributed by atoms with van der Waals surface area (Å²) in [6, 6.07) is 20.8. The van der Waals surface area contributed by atoms with Gasteiger partial charge in [-0.3, -0.25) is 10.0 Å². The van der Waals surface area contributed by atoms with Gasteiger partial charge in [-0.15, -0.1) is 0 Å². The van der Waals surface area contributed by atoms with E-state index in [0.29, 0.717) is 5.11 Å². The first-order valence-corrected chi connectivity index (χ1v) is 7.14. The second-order valence-corrected chi connectivity index (χ2v) is 5.27. The Hall–Kier alpha value is -2.07. The molecular formula is C16H17N3S. The lowest BCUT2D eigenvalue weighted by molar-refractivity contribution is 0.376. The Morgan fingerprint density at radius 1 is 1.00 bits per heavy atom. The Balaban J connectivity index is 1.94. The van der Waals surface area contributed by atoms with Gasteiger partial charge < -0.3 is 5.73 Å². The number of benzene rings is 2. The summed E-state index contributed by atoms with van der Waals surface area (Å²) in [4.78, 5) is 0. The third-order valence-corrected chi connectivity index (χ3v) is 3.82. The molecule has 0 spiro atoms. The van der Waals surface area contributed by atoms with E-state index in [1.807, 2.05) is 29.3 Å². The zero-order valence-corrected chi connectivity index (χ0v) is 12.0. The van der Waals surface area contributed by atoms with Crippen molar-refractivity contribution in [2.24, 2.45) is 5.73 Å². The van der Waals surface area contributed by atoms with Crippen LogP contribution in [0.5, 0.6) is 0 Å². The molecule has 1 atom stereocenters. The number of thiocarbonyl (C=S) groups is 1. The summed E-state index contributed by atoms with van der Waals surface area (Å²) < 4.78 is 0. The molecule has 2 aromatic rings. The summed E-state index contributed by atoms with van der Waals surface area (Å²) in [7, 11) is 0. The molecule has 0 saturated carbocycles. The van der Waals surface area contributed by atoms with Crippen LogP contribution in [0.3, 0.4) is 0 Å². The molecule has 0 unspecified atom stereocenters. The Morgan fingerprint density at radius 3 is 2.20 bits per heavy atom. The van der Waals surface area contributed by atoms with E-state index in [1.54, 1.807) is 0 Å². The number of anilines is 1. The van der Waals surface area contributed by atoms with Gasteiger partial charge in [0.25, 0.3) is 0 Å². The number of hydrogen-bond acceptors (Lipinski definition) is 2. The predicted molar refractivity (Wildman–Crippen MR) is 86.2 cm³/mol. The molecule has 0 amide bonds. The van der Waals surface area contributed by atoms with Gasteiger partial charge in [0, 0.05) is 6.54 Å². The Bertz CT molecular complexity index is 538. The number of nitrogens with zero attached hydrogens (tertiary/aromatic N) is 2. The normalized spacial score (nSPS) is 18.3. The van der Waals surface area contributed by atoms with Crippen LogP contribution < -0.4 is 10.7 Å². The van der Waals surface area contributed by atoms with Crippen LogP contribution in [-0.2, 0) is 0 Å². The smallest absolute Gasteiger partial charge is 0.185 e. The predicted octanol–water partition coefficient (Wildman–Crippen LogP) is 3.10. The van der Waals surface area contributed by atoms with Gasteiger partial charge in [0.2, 0.25) is 0 Å². The van der Waals surface area contributed by atoms with Crippen LogP contribution in [0.2, 0.25) is 0 Å². The first kappa shape index (κ1) is 12.9. The van der Waals surface area contributed by atoms with Gasteiger partial charge in [0.15, 0.2) is 5.11 Å². The molecule has 3 nitrogen and oxygen atoms in total. The molecule has 1 heterocycles. The molecule has 0 radical (unpaired) electrons. The molecule has 1 aliphatic heterocycles. The fourth-order valence-electron chi connectivity index (χ4n) is 2.75. The fourth-order valence-corrected chi connectivity index (χ4v) is 2.98. The molecule has 102 valence electrons. The third-order valence-electron chi connectivity index (χ3n) is 3.63. The highest BCUT2D eigenvalue weighted by molar-refractivity contribution is 7.80. The minimum Gasteiger partial charge on any atom is -0.375 e. The summed E-state index contributed by atoms with van der Waals surface area (Å²) in [6.45, 7) is 0.918. The van der Waals surface area contributed by atoms with Crippen molar-refractivity contribution in [3.8, 4) is 0 Å². The second-order valence-electron chi connectivity index (χ2n) is 4.86. The van der Waals surface area contributed by atoms with Crippen molar-refractivity contribution in [2.75, 3.05) is 11.6 Å². The monoisotopic (exact) mass is 283 g/mol. The quantitative estimate of drug-likeness (QED) is 0.859. The topological polar surface area (TPSA) is 32.5 Å². The van der Waals surface area contributed by atoms with Crippen LogP contribution in [0.15, 0.2) is 60.7 Å². The highest BCUT2D eigenvalue weighted by atomic mass is 32.1. The van der Waals surface area contributed by atoms with E-state index < -0.39 is 0 Å². The number of hydrogen-bond donors (Lipinski definition) is 1. The number of hydrazine groups is 1. The molecule has 3 rings (SSSR count). The largest absolute Gasteiger partial charge is 0.375 e. The molecule has 1 aliphatic rings. The zero-order chi connectivity index (χ0) is 13.9. The zero-order valence-electron chi connectivity index (χ0n) is 11.1. The van der Waals surface area contributed by atoms with Gasteiger partial charge in [-0.2, -0.15) is 0 Å². The Labute approximate surface area is 124 Å². The molecule has 2 N–H and O–H groups in total. The maximum atomic E-state index is 5.97. The van der Waals surface area contributed by atoms with Gasteiger partial charge in [0.1, 0.15) is 0 Å². The van der Waals surface area contributed by atoms with Crippen molar-refractivity contribution in [3.05, 3.63) is 66.2 Å². The molecule has 20 heavy (non-hydrogen) atoms. The maximum Gasteiger partial charge on any atom is 0.185 e. The molecule has 1 saturated heterocycles. The van der Waals surface area contributed by atoms with Crippen molar-refractivity contribution in [3.63, 3.8) is 0 Å². The molecule has 1 fully saturated rings. The third kappa shape index (κ3) is 2.34. The van der Waals surface area contributed by atoms with E-state index in [2.05, 4.69) is 41.4 Å². The minimum absolute atomic E-state index is 0.217. The van der Waals surface area contributed by atoms with Gasteiger partial charge in [-0.05, 0) is 36.3 Å². The van der Waals surface area contributed by atoms with E-state index in [1.165, 1.54) is 5.56 Å². The van der Waals surface area contributed by atoms with Gasteiger partial charge in [-0.1, -0.05) is 48.5 Å². The van der Waals surface area contributed by atoms with Gasteiger partial charge >= 0.3 is 0 Å². The van der Waals surface area contributed by atoms with Gasteiger partial charge in [-0.25, -0.2) is 0 Å². The Morgan fingerprint density at radius 2 is 1.60 bits per heavy atom. The van der Waals surface area contributed by atoms with Crippen LogP contribution in [0.4, 0.5) is 5.69 Å². The maximum absolute atomic E-state index is 5.97. The minimum atomic E-state index is 0.217. The first-order chi connectivity index (χ1) is 9.77. The van der Waals surface area contributed by atoms with Crippen LogP contribution >= 0.6 is 12.2 Å². The molecule has 0 bridgehead atoms. The van der Waals surface area contributed by atoms with Crippen molar-refractivity contribution in [1.29, 1.82) is 0 Å². The molecule has 0 aromatic heterocycles. The van der Waals surface area contributed by atoms with Crippen LogP contribution in [0.25, 0.3) is 0 Å². The molecular weight excluding hydrogens is 266 g/mol. The van der Waals surface area contributed by atoms with Crippen LogP contribution in [0.1, 0.15) is 18.0 Å². The lowest BCUT2D eigenvalue weighted by Crippen LogP contribution is -2.45. The fraction of sp³-hybridized carbons (Fsp3) is 0.188. The standard InChI is InChI=1S/C16H17N3S/c17-16(20)19-15(13-7-3-1-4-8-13)11-12-18(19)14-9-5-2-6-10-14/h1-10,15H,11-12H2,(H2,17,20)/t15-/m0/s1. The SMILES string of the molecule is NC(=S)N1[C@H](c2ccccc2)CCN1c1ccccc1. The van der Waals surface area contributed by atoms with Crippen LogP contribution in [-0.4, -0.2) is 16.7 Å². The number of nitrogens with two attached hydrogens (primary N) is 1. The van der Waals surface area contributed by atoms with Crippen molar-refractivity contribution in [1.82, 2.24) is 5.01 Å². The summed E-state index contributed by atoms with van der Waals surface area (Å²) in [6.07, 6.45) is 1.01. The average molecular weight is 283 g/mol. The second kappa shape index (κ2) is 5.51. The lowest BCUT2D eigenvalue weighted by atomic mass is 10.1. The van der Waals surface area contributed by atoms with E-state index in [9.17, 15) is 0 Å². The summed E-state index contributed by atoms with van der Waals surface area (Å²) in [5, 5.41) is 4.61. The summed E-state index contributed by atoms with van der Waals surface area (Å²) in [5.41, 5.74) is 8.34.